The van der Waals surface area contributed by atoms with Gasteiger partial charge in [-0.25, -0.2) is 0 Å². The summed E-state index contributed by atoms with van der Waals surface area (Å²) in [5, 5.41) is 5.24. The lowest BCUT2D eigenvalue weighted by Gasteiger charge is -2.14. The first-order valence-electron chi connectivity index (χ1n) is 6.64. The molecule has 1 N–H and O–H groups in total. The lowest BCUT2D eigenvalue weighted by atomic mass is 10.2. The fourth-order valence-electron chi connectivity index (χ4n) is 2.26. The Labute approximate surface area is 123 Å². The number of halogens is 1. The minimum Gasteiger partial charge on any atom is -0.459 e. The zero-order valence-corrected chi connectivity index (χ0v) is 12.2. The Bertz CT molecular complexity index is 715. The summed E-state index contributed by atoms with van der Waals surface area (Å²) < 4.78 is 5.86. The van der Waals surface area contributed by atoms with Crippen molar-refractivity contribution >= 4 is 28.3 Å². The number of fused-ring (bicyclic) bond motifs is 1. The van der Waals surface area contributed by atoms with Gasteiger partial charge in [0.25, 0.3) is 0 Å². The summed E-state index contributed by atoms with van der Waals surface area (Å²) in [5.41, 5.74) is 2.98. The van der Waals surface area contributed by atoms with Crippen LogP contribution in [0, 0.1) is 6.92 Å². The Hall–Kier alpha value is -1.93. The van der Waals surface area contributed by atoms with E-state index in [0.29, 0.717) is 0 Å². The van der Waals surface area contributed by atoms with Gasteiger partial charge < -0.3 is 9.73 Å². The zero-order chi connectivity index (χ0) is 14.1. The summed E-state index contributed by atoms with van der Waals surface area (Å²) in [5.74, 6) is 0.905. The normalized spacial score (nSPS) is 12.6. The van der Waals surface area contributed by atoms with Crippen molar-refractivity contribution in [1.29, 1.82) is 0 Å². The molecule has 0 bridgehead atoms. The number of hydrogen-bond donors (Lipinski definition) is 1. The minimum atomic E-state index is 0.0580. The third-order valence-electron chi connectivity index (χ3n) is 3.37. The van der Waals surface area contributed by atoms with Gasteiger partial charge in [0.05, 0.1) is 16.8 Å². The van der Waals surface area contributed by atoms with Crippen molar-refractivity contribution in [2.24, 2.45) is 0 Å². The number of nitrogens with one attached hydrogen (secondary N) is 1. The van der Waals surface area contributed by atoms with Gasteiger partial charge in [0, 0.05) is 5.39 Å². The molecule has 0 saturated carbocycles. The van der Waals surface area contributed by atoms with Crippen molar-refractivity contribution in [2.75, 3.05) is 5.32 Å². The average molecular weight is 286 g/mol. The number of furan rings is 1. The molecule has 0 aliphatic heterocycles. The van der Waals surface area contributed by atoms with Crippen LogP contribution in [0.15, 0.2) is 52.9 Å². The van der Waals surface area contributed by atoms with Gasteiger partial charge in [0.1, 0.15) is 11.3 Å². The highest BCUT2D eigenvalue weighted by atomic mass is 35.5. The number of para-hydroxylation sites is 1. The molecular formula is C17H16ClNO. The number of aryl methyl sites for hydroxylation is 1. The molecule has 0 radical (unpaired) electrons. The molecule has 2 nitrogen and oxygen atoms in total. The first-order valence-corrected chi connectivity index (χ1v) is 7.02. The SMILES string of the molecule is Cc1ccc(NC(C)c2cc3ccccc3o2)c(Cl)c1. The van der Waals surface area contributed by atoms with Crippen molar-refractivity contribution in [3.8, 4) is 0 Å². The lowest BCUT2D eigenvalue weighted by Crippen LogP contribution is -2.05. The second kappa shape index (κ2) is 5.22. The van der Waals surface area contributed by atoms with Crippen LogP contribution in [-0.4, -0.2) is 0 Å². The molecule has 3 heteroatoms. The number of anilines is 1. The third kappa shape index (κ3) is 2.52. The van der Waals surface area contributed by atoms with Crippen LogP contribution < -0.4 is 5.32 Å². The smallest absolute Gasteiger partial charge is 0.134 e. The lowest BCUT2D eigenvalue weighted by molar-refractivity contribution is 0.526. The summed E-state index contributed by atoms with van der Waals surface area (Å²) in [7, 11) is 0. The van der Waals surface area contributed by atoms with E-state index in [0.717, 1.165) is 33.0 Å². The quantitative estimate of drug-likeness (QED) is 0.681. The number of rotatable bonds is 3. The van der Waals surface area contributed by atoms with E-state index < -0.39 is 0 Å². The monoisotopic (exact) mass is 285 g/mol. The van der Waals surface area contributed by atoms with Crippen molar-refractivity contribution in [1.82, 2.24) is 0 Å². The zero-order valence-electron chi connectivity index (χ0n) is 11.5. The van der Waals surface area contributed by atoms with E-state index in [2.05, 4.69) is 18.3 Å². The molecule has 102 valence electrons. The molecule has 1 atom stereocenters. The molecule has 3 aromatic rings. The summed E-state index contributed by atoms with van der Waals surface area (Å²) in [4.78, 5) is 0. The van der Waals surface area contributed by atoms with Crippen molar-refractivity contribution in [2.45, 2.75) is 19.9 Å². The number of benzene rings is 2. The second-order valence-electron chi connectivity index (χ2n) is 5.04. The van der Waals surface area contributed by atoms with Gasteiger partial charge in [-0.2, -0.15) is 0 Å². The average Bonchev–Trinajstić information content (AvgIpc) is 2.86. The van der Waals surface area contributed by atoms with Crippen LogP contribution in [0.4, 0.5) is 5.69 Å². The molecule has 0 fully saturated rings. The van der Waals surface area contributed by atoms with Gasteiger partial charge in [0.2, 0.25) is 0 Å². The molecule has 1 aromatic heterocycles. The van der Waals surface area contributed by atoms with Crippen LogP contribution in [0.3, 0.4) is 0 Å². The van der Waals surface area contributed by atoms with E-state index in [1.165, 1.54) is 0 Å². The molecular weight excluding hydrogens is 270 g/mol. The molecule has 0 saturated heterocycles. The molecule has 0 aliphatic rings. The maximum atomic E-state index is 6.25. The third-order valence-corrected chi connectivity index (χ3v) is 3.68. The first-order chi connectivity index (χ1) is 9.63. The van der Waals surface area contributed by atoms with Crippen molar-refractivity contribution in [3.63, 3.8) is 0 Å². The molecule has 2 aromatic carbocycles. The molecule has 0 spiro atoms. The van der Waals surface area contributed by atoms with Crippen LogP contribution in [0.2, 0.25) is 5.02 Å². The van der Waals surface area contributed by atoms with E-state index in [9.17, 15) is 0 Å². The highest BCUT2D eigenvalue weighted by molar-refractivity contribution is 6.33. The van der Waals surface area contributed by atoms with E-state index >= 15 is 0 Å². The largest absolute Gasteiger partial charge is 0.459 e. The van der Waals surface area contributed by atoms with Crippen LogP contribution >= 0.6 is 11.6 Å². The van der Waals surface area contributed by atoms with Crippen LogP contribution in [0.5, 0.6) is 0 Å². The molecule has 0 aliphatic carbocycles. The maximum Gasteiger partial charge on any atom is 0.134 e. The summed E-state index contributed by atoms with van der Waals surface area (Å²) >= 11 is 6.25. The van der Waals surface area contributed by atoms with Gasteiger partial charge in [0.15, 0.2) is 0 Å². The maximum absolute atomic E-state index is 6.25. The summed E-state index contributed by atoms with van der Waals surface area (Å²) in [6.07, 6.45) is 0. The minimum absolute atomic E-state index is 0.0580. The molecule has 1 heterocycles. The Morgan fingerprint density at radius 3 is 2.65 bits per heavy atom. The fourth-order valence-corrected chi connectivity index (χ4v) is 2.55. The topological polar surface area (TPSA) is 25.2 Å². The van der Waals surface area contributed by atoms with Crippen LogP contribution in [0.25, 0.3) is 11.0 Å². The molecule has 0 amide bonds. The van der Waals surface area contributed by atoms with Gasteiger partial charge in [-0.3, -0.25) is 0 Å². The van der Waals surface area contributed by atoms with Crippen LogP contribution in [0.1, 0.15) is 24.3 Å². The van der Waals surface area contributed by atoms with Crippen molar-refractivity contribution in [3.05, 3.63) is 64.9 Å². The number of hydrogen-bond acceptors (Lipinski definition) is 2. The highest BCUT2D eigenvalue weighted by Gasteiger charge is 2.12. The van der Waals surface area contributed by atoms with Gasteiger partial charge >= 0.3 is 0 Å². The Kier molecular flexibility index (Phi) is 3.41. The van der Waals surface area contributed by atoms with Crippen LogP contribution in [-0.2, 0) is 0 Å². The van der Waals surface area contributed by atoms with E-state index in [4.69, 9.17) is 16.0 Å². The van der Waals surface area contributed by atoms with Gasteiger partial charge in [-0.05, 0) is 43.7 Å². The molecule has 20 heavy (non-hydrogen) atoms. The van der Waals surface area contributed by atoms with Gasteiger partial charge in [-0.15, -0.1) is 0 Å². The summed E-state index contributed by atoms with van der Waals surface area (Å²) in [6, 6.07) is 16.1. The standard InChI is InChI=1S/C17H16ClNO/c1-11-7-8-15(14(18)9-11)19-12(2)17-10-13-5-3-4-6-16(13)20-17/h3-10,12,19H,1-2H3. The predicted octanol–water partition coefficient (Wildman–Crippen LogP) is 5.57. The Balaban J connectivity index is 1.86. The van der Waals surface area contributed by atoms with Gasteiger partial charge in [-0.1, -0.05) is 35.9 Å². The Morgan fingerprint density at radius 1 is 1.10 bits per heavy atom. The molecule has 3 rings (SSSR count). The summed E-state index contributed by atoms with van der Waals surface area (Å²) in [6.45, 7) is 4.09. The molecule has 1 unspecified atom stereocenters. The van der Waals surface area contributed by atoms with Crippen molar-refractivity contribution < 1.29 is 4.42 Å². The second-order valence-corrected chi connectivity index (χ2v) is 5.44. The predicted molar refractivity (Wildman–Crippen MR) is 84.4 cm³/mol. The first kappa shape index (κ1) is 13.1. The van der Waals surface area contributed by atoms with E-state index in [1.54, 1.807) is 0 Å². The van der Waals surface area contributed by atoms with E-state index in [-0.39, 0.29) is 6.04 Å². The highest BCUT2D eigenvalue weighted by Crippen LogP contribution is 2.29. The fraction of sp³-hybridized carbons (Fsp3) is 0.176. The Morgan fingerprint density at radius 2 is 1.90 bits per heavy atom. The van der Waals surface area contributed by atoms with E-state index in [1.807, 2.05) is 49.4 Å².